The topological polar surface area (TPSA) is 116 Å². The molecule has 0 bridgehead atoms. The van der Waals surface area contributed by atoms with E-state index in [1.165, 1.54) is 12.0 Å². The third-order valence-electron chi connectivity index (χ3n) is 7.63. The van der Waals surface area contributed by atoms with Crippen LogP contribution in [-0.4, -0.2) is 74.0 Å². The number of ether oxygens (including phenoxy) is 2. The number of carbonyl (C=O) groups excluding carboxylic acids is 3. The van der Waals surface area contributed by atoms with Crippen molar-refractivity contribution in [2.24, 2.45) is 0 Å². The second-order valence-corrected chi connectivity index (χ2v) is 10.4. The maximum absolute atomic E-state index is 14.0. The number of Topliss-reactive ketones (excluding diaryl/α,β-unsaturated/α-hetero) is 1. The van der Waals surface area contributed by atoms with Gasteiger partial charge in [0.2, 0.25) is 5.78 Å². The summed E-state index contributed by atoms with van der Waals surface area (Å²) in [5, 5.41) is 14.0. The molecule has 1 aromatic carbocycles. The van der Waals surface area contributed by atoms with Crippen LogP contribution in [0.25, 0.3) is 5.76 Å². The standard InChI is InChI=1S/C29H37N3O6/c1-17(2)20-7-9-21(10-8-20)25-23(26(33)22-18(3)24(29(36)37-5)30-19(22)4)27(34)28(35)32(25)12-6-11-31-13-15-38-16-14-31/h7-10,17,25,30,33H,6,11-16H2,1-5H3. The van der Waals surface area contributed by atoms with Crippen LogP contribution in [0.15, 0.2) is 29.8 Å². The molecule has 9 heteroatoms. The Morgan fingerprint density at radius 1 is 1.18 bits per heavy atom. The minimum Gasteiger partial charge on any atom is -0.872 e. The van der Waals surface area contributed by atoms with E-state index in [4.69, 9.17) is 9.47 Å². The lowest BCUT2D eigenvalue weighted by Crippen LogP contribution is -3.14. The first-order chi connectivity index (χ1) is 18.1. The van der Waals surface area contributed by atoms with E-state index >= 15 is 0 Å². The van der Waals surface area contributed by atoms with Crippen molar-refractivity contribution < 1.29 is 33.9 Å². The van der Waals surface area contributed by atoms with Gasteiger partial charge in [-0.15, -0.1) is 0 Å². The molecule has 0 spiro atoms. The molecule has 2 aliphatic rings. The summed E-state index contributed by atoms with van der Waals surface area (Å²) in [5.74, 6) is -2.27. The van der Waals surface area contributed by atoms with Crippen LogP contribution >= 0.6 is 0 Å². The molecule has 9 nitrogen and oxygen atoms in total. The zero-order chi connectivity index (χ0) is 27.6. The Kier molecular flexibility index (Phi) is 8.38. The first-order valence-electron chi connectivity index (χ1n) is 13.2. The van der Waals surface area contributed by atoms with Gasteiger partial charge >= 0.3 is 5.97 Å². The van der Waals surface area contributed by atoms with Crippen LogP contribution in [0.2, 0.25) is 0 Å². The molecule has 0 aliphatic carbocycles. The van der Waals surface area contributed by atoms with Gasteiger partial charge in [-0.1, -0.05) is 43.9 Å². The summed E-state index contributed by atoms with van der Waals surface area (Å²) in [7, 11) is 1.26. The SMILES string of the molecule is COC(=O)c1[nH]c(C)c(C([O-])=C2C(=O)C(=O)N(CCC[NH+]3CCOCC3)C2c2ccc(C(C)C)cc2)c1C. The minimum absolute atomic E-state index is 0.0763. The number of likely N-dealkylation sites (tertiary alicyclic amines) is 1. The fraction of sp³-hybridized carbons (Fsp3) is 0.483. The monoisotopic (exact) mass is 523 g/mol. The number of esters is 1. The summed E-state index contributed by atoms with van der Waals surface area (Å²) < 4.78 is 10.3. The number of aromatic amines is 1. The highest BCUT2D eigenvalue weighted by Crippen LogP contribution is 2.40. The van der Waals surface area contributed by atoms with Crippen LogP contribution in [-0.2, 0) is 19.1 Å². The van der Waals surface area contributed by atoms with E-state index in [0.29, 0.717) is 30.1 Å². The van der Waals surface area contributed by atoms with Crippen molar-refractivity contribution in [3.05, 3.63) is 63.5 Å². The molecule has 4 rings (SSSR count). The normalized spacial score (nSPS) is 19.9. The number of methoxy groups -OCH3 is 1. The number of ketones is 1. The average Bonchev–Trinajstić information content (AvgIpc) is 3.35. The molecule has 1 unspecified atom stereocenters. The quantitative estimate of drug-likeness (QED) is 0.232. The molecule has 1 atom stereocenters. The van der Waals surface area contributed by atoms with E-state index in [0.717, 1.165) is 44.0 Å². The molecule has 1 amide bonds. The fourth-order valence-electron chi connectivity index (χ4n) is 5.45. The summed E-state index contributed by atoms with van der Waals surface area (Å²) in [6, 6.07) is 6.96. The van der Waals surface area contributed by atoms with Crippen LogP contribution in [0.5, 0.6) is 0 Å². The van der Waals surface area contributed by atoms with Gasteiger partial charge < -0.3 is 29.4 Å². The third kappa shape index (κ3) is 5.26. The lowest BCUT2D eigenvalue weighted by atomic mass is 9.92. The molecule has 0 saturated carbocycles. The second kappa shape index (κ2) is 11.5. The molecule has 1 aromatic heterocycles. The number of morpholine rings is 1. The molecule has 204 valence electrons. The van der Waals surface area contributed by atoms with E-state index in [9.17, 15) is 19.5 Å². The Bertz CT molecular complexity index is 1240. The van der Waals surface area contributed by atoms with Crippen molar-refractivity contribution in [1.29, 1.82) is 0 Å². The van der Waals surface area contributed by atoms with Gasteiger partial charge in [-0.2, -0.15) is 0 Å². The number of aromatic nitrogens is 1. The maximum Gasteiger partial charge on any atom is 0.354 e. The van der Waals surface area contributed by atoms with Crippen molar-refractivity contribution in [3.8, 4) is 0 Å². The van der Waals surface area contributed by atoms with Gasteiger partial charge in [-0.3, -0.25) is 9.59 Å². The number of carbonyl (C=O) groups is 3. The predicted molar refractivity (Wildman–Crippen MR) is 140 cm³/mol. The van der Waals surface area contributed by atoms with Crippen LogP contribution in [0, 0.1) is 13.8 Å². The van der Waals surface area contributed by atoms with E-state index in [1.54, 1.807) is 18.7 Å². The van der Waals surface area contributed by atoms with Gasteiger partial charge in [0.15, 0.2) is 0 Å². The van der Waals surface area contributed by atoms with Crippen LogP contribution in [0.1, 0.15) is 70.7 Å². The molecule has 2 aliphatic heterocycles. The number of benzene rings is 1. The number of rotatable bonds is 8. The molecular formula is C29H37N3O6. The Labute approximate surface area is 223 Å². The zero-order valence-electron chi connectivity index (χ0n) is 22.8. The smallest absolute Gasteiger partial charge is 0.354 e. The number of hydrogen-bond acceptors (Lipinski definition) is 6. The van der Waals surface area contributed by atoms with Gasteiger partial charge in [0.25, 0.3) is 5.91 Å². The van der Waals surface area contributed by atoms with Crippen molar-refractivity contribution in [3.63, 3.8) is 0 Å². The van der Waals surface area contributed by atoms with Gasteiger partial charge in [0, 0.05) is 24.2 Å². The molecular weight excluding hydrogens is 486 g/mol. The van der Waals surface area contributed by atoms with E-state index in [-0.39, 0.29) is 16.8 Å². The number of quaternary nitrogens is 1. The lowest BCUT2D eigenvalue weighted by Gasteiger charge is -2.29. The van der Waals surface area contributed by atoms with Crippen molar-refractivity contribution in [1.82, 2.24) is 9.88 Å². The van der Waals surface area contributed by atoms with Gasteiger partial charge in [-0.25, -0.2) is 4.79 Å². The Morgan fingerprint density at radius 3 is 2.45 bits per heavy atom. The van der Waals surface area contributed by atoms with Gasteiger partial charge in [-0.05, 0) is 42.0 Å². The van der Waals surface area contributed by atoms with Crippen LogP contribution < -0.4 is 10.0 Å². The lowest BCUT2D eigenvalue weighted by molar-refractivity contribution is -0.908. The molecule has 2 N–H and O–H groups in total. The number of hydrogen-bond donors (Lipinski definition) is 2. The summed E-state index contributed by atoms with van der Waals surface area (Å²) >= 11 is 0. The summed E-state index contributed by atoms with van der Waals surface area (Å²) in [5.41, 5.74) is 3.00. The Balaban J connectivity index is 1.75. The highest BCUT2D eigenvalue weighted by Gasteiger charge is 2.44. The first kappa shape index (κ1) is 27.6. The second-order valence-electron chi connectivity index (χ2n) is 10.4. The fourth-order valence-corrected chi connectivity index (χ4v) is 5.45. The Hall–Kier alpha value is -3.43. The molecule has 3 heterocycles. The van der Waals surface area contributed by atoms with E-state index in [1.807, 2.05) is 24.3 Å². The van der Waals surface area contributed by atoms with Crippen LogP contribution in [0.3, 0.4) is 0 Å². The molecule has 0 radical (unpaired) electrons. The minimum atomic E-state index is -0.793. The number of nitrogens with zero attached hydrogens (tertiary/aromatic N) is 1. The van der Waals surface area contributed by atoms with Crippen LogP contribution in [0.4, 0.5) is 0 Å². The molecule has 38 heavy (non-hydrogen) atoms. The van der Waals surface area contributed by atoms with E-state index < -0.39 is 29.5 Å². The molecule has 2 saturated heterocycles. The van der Waals surface area contributed by atoms with Crippen molar-refractivity contribution >= 4 is 23.4 Å². The molecule has 2 fully saturated rings. The van der Waals surface area contributed by atoms with Gasteiger partial charge in [0.05, 0.1) is 32.9 Å². The van der Waals surface area contributed by atoms with Crippen molar-refractivity contribution in [2.45, 2.75) is 46.1 Å². The summed E-state index contributed by atoms with van der Waals surface area (Å²) in [4.78, 5) is 44.8. The number of amides is 1. The largest absolute Gasteiger partial charge is 0.872 e. The zero-order valence-corrected chi connectivity index (χ0v) is 22.8. The predicted octanol–water partition coefficient (Wildman–Crippen LogP) is 1.07. The number of H-pyrrole nitrogens is 1. The maximum atomic E-state index is 14.0. The average molecular weight is 524 g/mol. The number of nitrogens with one attached hydrogen (secondary N) is 2. The highest BCUT2D eigenvalue weighted by atomic mass is 16.5. The summed E-state index contributed by atoms with van der Waals surface area (Å²) in [6.45, 7) is 12.0. The van der Waals surface area contributed by atoms with Crippen molar-refractivity contribution in [2.75, 3.05) is 46.5 Å². The van der Waals surface area contributed by atoms with E-state index in [2.05, 4.69) is 18.8 Å². The third-order valence-corrected chi connectivity index (χ3v) is 7.63. The Morgan fingerprint density at radius 2 is 1.84 bits per heavy atom. The molecule has 2 aromatic rings. The number of aryl methyl sites for hydroxylation is 1. The highest BCUT2D eigenvalue weighted by molar-refractivity contribution is 6.46. The summed E-state index contributed by atoms with van der Waals surface area (Å²) in [6.07, 6.45) is 0.700. The van der Waals surface area contributed by atoms with Gasteiger partial charge in [0.1, 0.15) is 18.8 Å². The first-order valence-corrected chi connectivity index (χ1v) is 13.2.